The maximum Gasteiger partial charge on any atom is 0.0445 e. The van der Waals surface area contributed by atoms with E-state index in [2.05, 4.69) is 38.1 Å². The zero-order valence-electron chi connectivity index (χ0n) is 9.90. The Kier molecular flexibility index (Phi) is 4.30. The highest BCUT2D eigenvalue weighted by Crippen LogP contribution is 2.15. The second kappa shape index (κ2) is 5.29. The molecular formula is C13H22N2. The minimum absolute atomic E-state index is 0.000878. The predicted octanol–water partition coefficient (Wildman–Crippen LogP) is 2.23. The average Bonchev–Trinajstić information content (AvgIpc) is 2.17. The molecule has 0 spiro atoms. The fourth-order valence-corrected chi connectivity index (χ4v) is 1.65. The fourth-order valence-electron chi connectivity index (χ4n) is 1.65. The summed E-state index contributed by atoms with van der Waals surface area (Å²) in [5.74, 6) is 0.693. The lowest BCUT2D eigenvalue weighted by Gasteiger charge is -2.16. The predicted molar refractivity (Wildman–Crippen MR) is 65.6 cm³/mol. The molecule has 0 saturated heterocycles. The summed E-state index contributed by atoms with van der Waals surface area (Å²) in [6.45, 7) is 6.38. The monoisotopic (exact) mass is 206 g/mol. The standard InChI is InChI=1S/C13H22N2/c1-9(2)8-11-4-6-12(7-5-11)13(15)10(3)14/h4-7,9-10,13H,8,14-15H2,1-3H3. The van der Waals surface area contributed by atoms with Gasteiger partial charge in [-0.1, -0.05) is 38.1 Å². The molecule has 84 valence electrons. The van der Waals surface area contributed by atoms with E-state index in [1.165, 1.54) is 5.56 Å². The van der Waals surface area contributed by atoms with Crippen molar-refractivity contribution in [3.63, 3.8) is 0 Å². The van der Waals surface area contributed by atoms with E-state index in [1.807, 2.05) is 6.92 Å². The first kappa shape index (κ1) is 12.2. The Bertz CT molecular complexity index is 288. The second-order valence-corrected chi connectivity index (χ2v) is 4.72. The normalized spacial score (nSPS) is 15.3. The Balaban J connectivity index is 2.72. The lowest BCUT2D eigenvalue weighted by molar-refractivity contribution is 0.588. The highest BCUT2D eigenvalue weighted by Gasteiger charge is 2.10. The summed E-state index contributed by atoms with van der Waals surface area (Å²) in [5.41, 5.74) is 14.2. The van der Waals surface area contributed by atoms with Crippen molar-refractivity contribution in [3.05, 3.63) is 35.4 Å². The number of nitrogens with two attached hydrogens (primary N) is 2. The van der Waals surface area contributed by atoms with Crippen molar-refractivity contribution < 1.29 is 0 Å². The molecule has 0 radical (unpaired) electrons. The molecule has 1 aromatic carbocycles. The fraction of sp³-hybridized carbons (Fsp3) is 0.538. The minimum Gasteiger partial charge on any atom is -0.326 e. The molecule has 0 fully saturated rings. The molecule has 1 aromatic rings. The van der Waals surface area contributed by atoms with Crippen LogP contribution in [0.4, 0.5) is 0 Å². The first-order valence-electron chi connectivity index (χ1n) is 5.60. The third kappa shape index (κ3) is 3.65. The Labute approximate surface area is 92.7 Å². The first-order chi connectivity index (χ1) is 7.00. The Morgan fingerprint density at radius 1 is 1.00 bits per heavy atom. The van der Waals surface area contributed by atoms with Gasteiger partial charge in [0, 0.05) is 12.1 Å². The molecule has 0 heterocycles. The maximum atomic E-state index is 5.96. The van der Waals surface area contributed by atoms with Crippen LogP contribution < -0.4 is 11.5 Å². The van der Waals surface area contributed by atoms with Gasteiger partial charge in [-0.25, -0.2) is 0 Å². The highest BCUT2D eigenvalue weighted by atomic mass is 14.8. The summed E-state index contributed by atoms with van der Waals surface area (Å²) in [6, 6.07) is 8.42. The van der Waals surface area contributed by atoms with Gasteiger partial charge in [0.25, 0.3) is 0 Å². The summed E-state index contributed by atoms with van der Waals surface area (Å²) in [6.07, 6.45) is 1.12. The largest absolute Gasteiger partial charge is 0.326 e. The third-order valence-electron chi connectivity index (χ3n) is 2.58. The first-order valence-corrected chi connectivity index (χ1v) is 5.60. The lowest BCUT2D eigenvalue weighted by atomic mass is 9.97. The van der Waals surface area contributed by atoms with E-state index in [0.29, 0.717) is 5.92 Å². The lowest BCUT2D eigenvalue weighted by Crippen LogP contribution is -2.30. The van der Waals surface area contributed by atoms with Crippen LogP contribution in [-0.2, 0) is 6.42 Å². The van der Waals surface area contributed by atoms with E-state index < -0.39 is 0 Å². The van der Waals surface area contributed by atoms with Gasteiger partial charge in [-0.15, -0.1) is 0 Å². The van der Waals surface area contributed by atoms with E-state index >= 15 is 0 Å². The number of hydrogen-bond acceptors (Lipinski definition) is 2. The summed E-state index contributed by atoms with van der Waals surface area (Å²) in [5, 5.41) is 0. The van der Waals surface area contributed by atoms with E-state index in [-0.39, 0.29) is 12.1 Å². The van der Waals surface area contributed by atoms with E-state index in [0.717, 1.165) is 12.0 Å². The quantitative estimate of drug-likeness (QED) is 0.793. The molecule has 15 heavy (non-hydrogen) atoms. The summed E-state index contributed by atoms with van der Waals surface area (Å²) in [7, 11) is 0. The number of hydrogen-bond donors (Lipinski definition) is 2. The topological polar surface area (TPSA) is 52.0 Å². The zero-order valence-corrected chi connectivity index (χ0v) is 9.90. The molecule has 2 heteroatoms. The van der Waals surface area contributed by atoms with Crippen LogP contribution in [0.15, 0.2) is 24.3 Å². The summed E-state index contributed by atoms with van der Waals surface area (Å²) in [4.78, 5) is 0. The molecule has 0 amide bonds. The van der Waals surface area contributed by atoms with Gasteiger partial charge in [0.15, 0.2) is 0 Å². The van der Waals surface area contributed by atoms with E-state index in [9.17, 15) is 0 Å². The van der Waals surface area contributed by atoms with Crippen LogP contribution in [0.5, 0.6) is 0 Å². The molecule has 2 atom stereocenters. The van der Waals surface area contributed by atoms with Gasteiger partial charge in [-0.2, -0.15) is 0 Å². The van der Waals surface area contributed by atoms with Crippen molar-refractivity contribution in [1.29, 1.82) is 0 Å². The number of benzene rings is 1. The molecule has 0 aliphatic heterocycles. The van der Waals surface area contributed by atoms with Crippen LogP contribution in [0, 0.1) is 5.92 Å². The molecule has 0 aliphatic carbocycles. The van der Waals surface area contributed by atoms with Crippen molar-refractivity contribution in [2.75, 3.05) is 0 Å². The van der Waals surface area contributed by atoms with Gasteiger partial charge >= 0.3 is 0 Å². The summed E-state index contributed by atoms with van der Waals surface area (Å²) < 4.78 is 0. The Morgan fingerprint density at radius 3 is 1.93 bits per heavy atom. The summed E-state index contributed by atoms with van der Waals surface area (Å²) >= 11 is 0. The van der Waals surface area contributed by atoms with Crippen LogP contribution >= 0.6 is 0 Å². The van der Waals surface area contributed by atoms with Crippen molar-refractivity contribution in [3.8, 4) is 0 Å². The molecule has 0 saturated carbocycles. The van der Waals surface area contributed by atoms with Crippen LogP contribution in [0.25, 0.3) is 0 Å². The molecule has 0 aliphatic rings. The van der Waals surface area contributed by atoms with E-state index in [4.69, 9.17) is 11.5 Å². The van der Waals surface area contributed by atoms with Gasteiger partial charge in [-0.05, 0) is 30.4 Å². The van der Waals surface area contributed by atoms with Crippen molar-refractivity contribution in [1.82, 2.24) is 0 Å². The van der Waals surface area contributed by atoms with Crippen molar-refractivity contribution in [2.45, 2.75) is 39.3 Å². The van der Waals surface area contributed by atoms with Gasteiger partial charge in [-0.3, -0.25) is 0 Å². The Morgan fingerprint density at radius 2 is 1.53 bits per heavy atom. The molecule has 0 aromatic heterocycles. The molecule has 4 N–H and O–H groups in total. The maximum absolute atomic E-state index is 5.96. The highest BCUT2D eigenvalue weighted by molar-refractivity contribution is 5.25. The number of rotatable bonds is 4. The van der Waals surface area contributed by atoms with Crippen LogP contribution in [0.3, 0.4) is 0 Å². The van der Waals surface area contributed by atoms with Crippen molar-refractivity contribution >= 4 is 0 Å². The van der Waals surface area contributed by atoms with E-state index in [1.54, 1.807) is 0 Å². The van der Waals surface area contributed by atoms with Crippen LogP contribution in [-0.4, -0.2) is 6.04 Å². The zero-order chi connectivity index (χ0) is 11.4. The van der Waals surface area contributed by atoms with Gasteiger partial charge in [0.05, 0.1) is 0 Å². The third-order valence-corrected chi connectivity index (χ3v) is 2.58. The smallest absolute Gasteiger partial charge is 0.0445 e. The molecule has 2 unspecified atom stereocenters. The minimum atomic E-state index is -0.0573. The average molecular weight is 206 g/mol. The van der Waals surface area contributed by atoms with Gasteiger partial charge in [0.1, 0.15) is 0 Å². The Hall–Kier alpha value is -0.860. The van der Waals surface area contributed by atoms with Gasteiger partial charge < -0.3 is 11.5 Å². The molecule has 0 bridgehead atoms. The molecule has 1 rings (SSSR count). The molecule has 2 nitrogen and oxygen atoms in total. The van der Waals surface area contributed by atoms with Crippen molar-refractivity contribution in [2.24, 2.45) is 17.4 Å². The van der Waals surface area contributed by atoms with Crippen LogP contribution in [0.2, 0.25) is 0 Å². The van der Waals surface area contributed by atoms with Gasteiger partial charge in [0.2, 0.25) is 0 Å². The second-order valence-electron chi connectivity index (χ2n) is 4.72. The SMILES string of the molecule is CC(C)Cc1ccc(C(N)C(C)N)cc1. The molecular weight excluding hydrogens is 184 g/mol. The van der Waals surface area contributed by atoms with Crippen LogP contribution in [0.1, 0.15) is 37.9 Å².